The van der Waals surface area contributed by atoms with E-state index < -0.39 is 0 Å². The van der Waals surface area contributed by atoms with Crippen LogP contribution in [0.2, 0.25) is 0 Å². The van der Waals surface area contributed by atoms with Crippen molar-refractivity contribution in [1.29, 1.82) is 0 Å². The van der Waals surface area contributed by atoms with Crippen LogP contribution >= 0.6 is 0 Å². The molecule has 214 valence electrons. The van der Waals surface area contributed by atoms with Crippen LogP contribution in [0.15, 0.2) is 151 Å². The zero-order chi connectivity index (χ0) is 29.7. The number of fused-ring (bicyclic) bond motifs is 6. The quantitative estimate of drug-likeness (QED) is 0.204. The van der Waals surface area contributed by atoms with Crippen LogP contribution < -0.4 is 15.4 Å². The van der Waals surface area contributed by atoms with Gasteiger partial charge in [0, 0.05) is 44.1 Å². The van der Waals surface area contributed by atoms with Gasteiger partial charge in [0.15, 0.2) is 6.23 Å². The Balaban J connectivity index is 1.15. The van der Waals surface area contributed by atoms with Crippen LogP contribution in [0.4, 0.5) is 11.4 Å². The Hall–Kier alpha value is -5.94. The summed E-state index contributed by atoms with van der Waals surface area (Å²) in [6.07, 6.45) is -0.395. The molecular weight excluding hydrogens is 552 g/mol. The van der Waals surface area contributed by atoms with Gasteiger partial charge in [0.2, 0.25) is 0 Å². The van der Waals surface area contributed by atoms with E-state index in [1.165, 1.54) is 0 Å². The molecule has 45 heavy (non-hydrogen) atoms. The highest BCUT2D eigenvalue weighted by molar-refractivity contribution is 6.19. The zero-order valence-electron chi connectivity index (χ0n) is 24.3. The molecule has 0 spiro atoms. The normalized spacial score (nSPS) is 16.7. The lowest BCUT2D eigenvalue weighted by Crippen LogP contribution is -2.20. The number of anilines is 2. The average molecular weight is 581 g/mol. The maximum atomic E-state index is 6.40. The predicted molar refractivity (Wildman–Crippen MR) is 183 cm³/mol. The number of nitrogens with zero attached hydrogens (tertiary/aromatic N) is 2. The third-order valence-electron chi connectivity index (χ3n) is 8.73. The highest BCUT2D eigenvalue weighted by atomic mass is 16.5. The van der Waals surface area contributed by atoms with Crippen LogP contribution in [0, 0.1) is 0 Å². The Morgan fingerprint density at radius 1 is 0.556 bits per heavy atom. The number of rotatable bonds is 4. The van der Waals surface area contributed by atoms with Gasteiger partial charge in [0.25, 0.3) is 0 Å². The molecule has 0 saturated carbocycles. The molecule has 7 aromatic rings. The number of para-hydroxylation sites is 2. The summed E-state index contributed by atoms with van der Waals surface area (Å²) in [5, 5.41) is 10.6. The van der Waals surface area contributed by atoms with Gasteiger partial charge in [0.05, 0.1) is 22.6 Å². The number of aromatic nitrogens is 1. The average Bonchev–Trinajstić information content (AvgIpc) is 3.56. The lowest BCUT2D eigenvalue weighted by molar-refractivity contribution is 0.260. The van der Waals surface area contributed by atoms with E-state index in [9.17, 15) is 0 Å². The van der Waals surface area contributed by atoms with Gasteiger partial charge in [-0.2, -0.15) is 0 Å². The number of aliphatic imine (C=N–C) groups is 1. The maximum Gasteiger partial charge on any atom is 0.196 e. The fourth-order valence-electron chi connectivity index (χ4n) is 6.56. The molecule has 5 heteroatoms. The molecule has 3 heterocycles. The first kappa shape index (κ1) is 25.5. The van der Waals surface area contributed by atoms with Crippen molar-refractivity contribution < 1.29 is 4.74 Å². The fraction of sp³-hybridized carbons (Fsp3) is 0.0500. The van der Waals surface area contributed by atoms with Gasteiger partial charge < -0.3 is 15.4 Å². The second kappa shape index (κ2) is 10.4. The summed E-state index contributed by atoms with van der Waals surface area (Å²) in [5.41, 5.74) is 10.4. The van der Waals surface area contributed by atoms with Gasteiger partial charge in [-0.25, -0.2) is 4.98 Å². The molecule has 2 unspecified atom stereocenters. The van der Waals surface area contributed by atoms with Crippen molar-refractivity contribution in [2.75, 3.05) is 10.6 Å². The SMILES string of the molecule is c1ccc(C2N=C(c3ccc(-c4nc5ccccc5c5c6c(ccc45)OC(c4ccccc4)N6)cc3)c3ccccc3N2)cc1. The van der Waals surface area contributed by atoms with Crippen LogP contribution in [0.1, 0.15) is 34.6 Å². The van der Waals surface area contributed by atoms with Gasteiger partial charge >= 0.3 is 0 Å². The Kier molecular flexibility index (Phi) is 5.88. The van der Waals surface area contributed by atoms with Crippen LogP contribution in [-0.4, -0.2) is 10.7 Å². The smallest absolute Gasteiger partial charge is 0.196 e. The molecule has 2 aliphatic heterocycles. The van der Waals surface area contributed by atoms with E-state index in [0.717, 1.165) is 78.0 Å². The van der Waals surface area contributed by atoms with Gasteiger partial charge in [0.1, 0.15) is 11.9 Å². The van der Waals surface area contributed by atoms with E-state index in [4.69, 9.17) is 14.7 Å². The molecule has 2 aliphatic rings. The van der Waals surface area contributed by atoms with E-state index in [1.54, 1.807) is 0 Å². The van der Waals surface area contributed by atoms with Gasteiger partial charge in [-0.1, -0.05) is 121 Å². The molecule has 5 nitrogen and oxygen atoms in total. The summed E-state index contributed by atoms with van der Waals surface area (Å²) in [7, 11) is 0. The lowest BCUT2D eigenvalue weighted by atomic mass is 9.94. The molecular formula is C40H28N4O. The number of nitrogens with one attached hydrogen (secondary N) is 2. The Labute approximate surface area is 260 Å². The van der Waals surface area contributed by atoms with Crippen molar-refractivity contribution in [2.45, 2.75) is 12.4 Å². The third kappa shape index (κ3) is 4.32. The van der Waals surface area contributed by atoms with Crippen molar-refractivity contribution in [2.24, 2.45) is 4.99 Å². The summed E-state index contributed by atoms with van der Waals surface area (Å²) in [4.78, 5) is 10.4. The van der Waals surface area contributed by atoms with Gasteiger partial charge in [-0.15, -0.1) is 0 Å². The highest BCUT2D eigenvalue weighted by Crippen LogP contribution is 2.47. The van der Waals surface area contributed by atoms with E-state index >= 15 is 0 Å². The van der Waals surface area contributed by atoms with Crippen molar-refractivity contribution in [3.8, 4) is 17.0 Å². The predicted octanol–water partition coefficient (Wildman–Crippen LogP) is 9.52. The monoisotopic (exact) mass is 580 g/mol. The summed E-state index contributed by atoms with van der Waals surface area (Å²) in [6.45, 7) is 0. The lowest BCUT2D eigenvalue weighted by Gasteiger charge is -2.26. The standard InChI is InChI=1S/C40H28N4O/c1-3-11-27(12-4-1)39-42-33-18-10-8-16-30(33)36(43-39)25-19-21-26(22-20-25)37-31-23-24-34-38(35(31)29-15-7-9-17-32(29)41-37)44-40(45-34)28-13-5-2-6-14-28/h1-24,39-40,42,44H. The van der Waals surface area contributed by atoms with Crippen LogP contribution in [0.5, 0.6) is 5.75 Å². The molecule has 0 bridgehead atoms. The number of pyridine rings is 1. The molecule has 0 amide bonds. The molecule has 2 N–H and O–H groups in total. The fourth-order valence-corrected chi connectivity index (χ4v) is 6.56. The van der Waals surface area contributed by atoms with Crippen molar-refractivity contribution in [3.63, 3.8) is 0 Å². The topological polar surface area (TPSA) is 58.5 Å². The van der Waals surface area contributed by atoms with E-state index in [2.05, 4.69) is 126 Å². The van der Waals surface area contributed by atoms with Crippen molar-refractivity contribution in [3.05, 3.63) is 168 Å². The molecule has 0 saturated heterocycles. The molecule has 0 fully saturated rings. The summed E-state index contributed by atoms with van der Waals surface area (Å²) in [6, 6.07) is 50.3. The van der Waals surface area contributed by atoms with Crippen LogP contribution in [0.25, 0.3) is 32.9 Å². The summed E-state index contributed by atoms with van der Waals surface area (Å²) >= 11 is 0. The molecule has 0 radical (unpaired) electrons. The van der Waals surface area contributed by atoms with Gasteiger partial charge in [-0.3, -0.25) is 4.99 Å². The van der Waals surface area contributed by atoms with E-state index in [-0.39, 0.29) is 12.4 Å². The molecule has 0 aliphatic carbocycles. The van der Waals surface area contributed by atoms with E-state index in [1.807, 2.05) is 30.3 Å². The Bertz CT molecular complexity index is 2250. The third-order valence-corrected chi connectivity index (χ3v) is 8.73. The van der Waals surface area contributed by atoms with E-state index in [0.29, 0.717) is 0 Å². The zero-order valence-corrected chi connectivity index (χ0v) is 24.3. The van der Waals surface area contributed by atoms with Crippen LogP contribution in [-0.2, 0) is 0 Å². The highest BCUT2D eigenvalue weighted by Gasteiger charge is 2.27. The second-order valence-corrected chi connectivity index (χ2v) is 11.4. The Morgan fingerprint density at radius 2 is 1.24 bits per heavy atom. The number of hydrogen-bond acceptors (Lipinski definition) is 5. The summed E-state index contributed by atoms with van der Waals surface area (Å²) in [5.74, 6) is 0.851. The molecule has 1 aromatic heterocycles. The molecule has 6 aromatic carbocycles. The number of hydrogen-bond donors (Lipinski definition) is 2. The summed E-state index contributed by atoms with van der Waals surface area (Å²) < 4.78 is 6.40. The van der Waals surface area contributed by atoms with Gasteiger partial charge in [-0.05, 0) is 29.8 Å². The largest absolute Gasteiger partial charge is 0.464 e. The number of benzene rings is 6. The minimum atomic E-state index is -0.241. The van der Waals surface area contributed by atoms with Crippen molar-refractivity contribution in [1.82, 2.24) is 4.98 Å². The first-order valence-corrected chi connectivity index (χ1v) is 15.2. The molecule has 2 atom stereocenters. The first-order valence-electron chi connectivity index (χ1n) is 15.2. The first-order chi connectivity index (χ1) is 22.3. The molecule has 9 rings (SSSR count). The maximum absolute atomic E-state index is 6.40. The Morgan fingerprint density at radius 3 is 2.07 bits per heavy atom. The minimum absolute atomic E-state index is 0.154. The second-order valence-electron chi connectivity index (χ2n) is 11.4. The van der Waals surface area contributed by atoms with Crippen molar-refractivity contribution >= 4 is 38.8 Å². The number of ether oxygens (including phenoxy) is 1. The van der Waals surface area contributed by atoms with Crippen LogP contribution in [0.3, 0.4) is 0 Å². The minimum Gasteiger partial charge on any atom is -0.464 e.